The lowest BCUT2D eigenvalue weighted by Crippen LogP contribution is -2.30. The molecule has 1 atom stereocenters. The fourth-order valence-electron chi connectivity index (χ4n) is 8.32. The molecule has 0 aromatic rings. The van der Waals surface area contributed by atoms with Crippen molar-refractivity contribution in [2.24, 2.45) is 0 Å². The Hall–Kier alpha value is -1.85. The summed E-state index contributed by atoms with van der Waals surface area (Å²) in [6.07, 6.45) is 57.6. The summed E-state index contributed by atoms with van der Waals surface area (Å²) in [5.41, 5.74) is 0. The molecule has 0 spiro atoms. The lowest BCUT2D eigenvalue weighted by Gasteiger charge is -2.18. The standard InChI is InChI=1S/C56H106O6/c1-4-7-10-13-16-19-22-25-27-28-30-32-35-37-40-43-46-49-55(58)61-52-53(62-56(59)50-47-44-41-38-33-24-21-18-15-12-9-6-3)51-60-54(57)48-45-42-39-36-34-31-29-26-23-20-17-14-11-8-5-2/h25,27,53H,4-24,26,28-52H2,1-3H3/b27-25-/t53-/m0/s1. The third-order valence-corrected chi connectivity index (χ3v) is 12.5. The largest absolute Gasteiger partial charge is 0.462 e. The predicted molar refractivity (Wildman–Crippen MR) is 266 cm³/mol. The normalized spacial score (nSPS) is 12.0. The molecule has 6 heteroatoms. The molecule has 0 saturated carbocycles. The molecule has 0 aliphatic carbocycles. The molecule has 0 aliphatic heterocycles. The Labute approximate surface area is 386 Å². The van der Waals surface area contributed by atoms with E-state index in [-0.39, 0.29) is 31.1 Å². The van der Waals surface area contributed by atoms with Crippen molar-refractivity contribution in [2.45, 2.75) is 316 Å². The highest BCUT2D eigenvalue weighted by Crippen LogP contribution is 2.17. The van der Waals surface area contributed by atoms with Gasteiger partial charge < -0.3 is 14.2 Å². The second kappa shape index (κ2) is 51.8. The van der Waals surface area contributed by atoms with Crippen LogP contribution in [0.5, 0.6) is 0 Å². The molecule has 0 bridgehead atoms. The van der Waals surface area contributed by atoms with E-state index in [9.17, 15) is 14.4 Å². The molecular formula is C56H106O6. The van der Waals surface area contributed by atoms with E-state index >= 15 is 0 Å². The van der Waals surface area contributed by atoms with Crippen LogP contribution in [0, 0.1) is 0 Å². The van der Waals surface area contributed by atoms with Crippen LogP contribution in [0.15, 0.2) is 12.2 Å². The molecule has 0 saturated heterocycles. The molecule has 366 valence electrons. The number of hydrogen-bond donors (Lipinski definition) is 0. The van der Waals surface area contributed by atoms with E-state index in [1.54, 1.807) is 0 Å². The Morgan fingerprint density at radius 1 is 0.306 bits per heavy atom. The Bertz CT molecular complexity index is 962. The zero-order valence-electron chi connectivity index (χ0n) is 41.9. The van der Waals surface area contributed by atoms with Gasteiger partial charge in [-0.1, -0.05) is 258 Å². The van der Waals surface area contributed by atoms with Crippen molar-refractivity contribution in [1.29, 1.82) is 0 Å². The van der Waals surface area contributed by atoms with Crippen molar-refractivity contribution in [3.05, 3.63) is 12.2 Å². The fraction of sp³-hybridized carbons (Fsp3) is 0.911. The van der Waals surface area contributed by atoms with E-state index in [4.69, 9.17) is 14.2 Å². The Kier molecular flexibility index (Phi) is 50.2. The molecule has 0 amide bonds. The minimum Gasteiger partial charge on any atom is -0.462 e. The quantitative estimate of drug-likeness (QED) is 0.0262. The van der Waals surface area contributed by atoms with Gasteiger partial charge in [-0.15, -0.1) is 0 Å². The van der Waals surface area contributed by atoms with E-state index in [1.165, 1.54) is 212 Å². The van der Waals surface area contributed by atoms with Gasteiger partial charge in [0, 0.05) is 19.3 Å². The smallest absolute Gasteiger partial charge is 0.306 e. The molecule has 0 aromatic heterocycles. The van der Waals surface area contributed by atoms with E-state index in [0.29, 0.717) is 19.3 Å². The molecule has 0 radical (unpaired) electrons. The van der Waals surface area contributed by atoms with Crippen LogP contribution in [0.25, 0.3) is 0 Å². The number of allylic oxidation sites excluding steroid dienone is 2. The van der Waals surface area contributed by atoms with Gasteiger partial charge in [-0.3, -0.25) is 14.4 Å². The highest BCUT2D eigenvalue weighted by Gasteiger charge is 2.19. The molecule has 0 unspecified atom stereocenters. The van der Waals surface area contributed by atoms with Crippen molar-refractivity contribution < 1.29 is 28.6 Å². The summed E-state index contributed by atoms with van der Waals surface area (Å²) in [6, 6.07) is 0. The highest BCUT2D eigenvalue weighted by molar-refractivity contribution is 5.71. The Morgan fingerprint density at radius 2 is 0.532 bits per heavy atom. The van der Waals surface area contributed by atoms with Crippen LogP contribution in [0.1, 0.15) is 310 Å². The number of hydrogen-bond acceptors (Lipinski definition) is 6. The van der Waals surface area contributed by atoms with E-state index in [1.807, 2.05) is 0 Å². The maximum absolute atomic E-state index is 12.8. The second-order valence-corrected chi connectivity index (χ2v) is 18.9. The molecule has 0 heterocycles. The van der Waals surface area contributed by atoms with Crippen molar-refractivity contribution in [3.8, 4) is 0 Å². The zero-order valence-corrected chi connectivity index (χ0v) is 41.9. The van der Waals surface area contributed by atoms with Crippen molar-refractivity contribution >= 4 is 17.9 Å². The molecule has 0 aromatic carbocycles. The van der Waals surface area contributed by atoms with Crippen molar-refractivity contribution in [1.82, 2.24) is 0 Å². The molecule has 0 aliphatic rings. The zero-order chi connectivity index (χ0) is 45.1. The van der Waals surface area contributed by atoms with Crippen LogP contribution >= 0.6 is 0 Å². The monoisotopic (exact) mass is 875 g/mol. The maximum atomic E-state index is 12.8. The topological polar surface area (TPSA) is 78.9 Å². The first-order chi connectivity index (χ1) is 30.5. The number of rotatable bonds is 51. The molecule has 6 nitrogen and oxygen atoms in total. The first-order valence-electron chi connectivity index (χ1n) is 27.7. The predicted octanol–water partition coefficient (Wildman–Crippen LogP) is 18.2. The first-order valence-corrected chi connectivity index (χ1v) is 27.7. The van der Waals surface area contributed by atoms with Crippen molar-refractivity contribution in [2.75, 3.05) is 13.2 Å². The van der Waals surface area contributed by atoms with Gasteiger partial charge >= 0.3 is 17.9 Å². The molecular weight excluding hydrogens is 769 g/mol. The van der Waals surface area contributed by atoms with Crippen LogP contribution in [-0.2, 0) is 28.6 Å². The van der Waals surface area contributed by atoms with E-state index in [0.717, 1.165) is 57.8 Å². The lowest BCUT2D eigenvalue weighted by atomic mass is 10.0. The van der Waals surface area contributed by atoms with Gasteiger partial charge in [0.25, 0.3) is 0 Å². The summed E-state index contributed by atoms with van der Waals surface area (Å²) in [5, 5.41) is 0. The Morgan fingerprint density at radius 3 is 0.806 bits per heavy atom. The average molecular weight is 875 g/mol. The maximum Gasteiger partial charge on any atom is 0.306 e. The minimum absolute atomic E-state index is 0.0655. The Balaban J connectivity index is 4.30. The van der Waals surface area contributed by atoms with Gasteiger partial charge in [0.15, 0.2) is 6.10 Å². The van der Waals surface area contributed by atoms with Gasteiger partial charge in [0.1, 0.15) is 13.2 Å². The van der Waals surface area contributed by atoms with Crippen LogP contribution in [0.4, 0.5) is 0 Å². The van der Waals surface area contributed by atoms with Gasteiger partial charge in [-0.05, 0) is 44.9 Å². The molecule has 0 rings (SSSR count). The lowest BCUT2D eigenvalue weighted by molar-refractivity contribution is -0.167. The SMILES string of the molecule is CCCCCCCC/C=C\CCCCCCCCCC(=O)OC[C@H](COC(=O)CCCCCCCCCCCCCCCCC)OC(=O)CCCCCCCCCCCCCC. The minimum atomic E-state index is -0.765. The van der Waals surface area contributed by atoms with Crippen molar-refractivity contribution in [3.63, 3.8) is 0 Å². The first kappa shape index (κ1) is 60.2. The summed E-state index contributed by atoms with van der Waals surface area (Å²) in [5.74, 6) is -0.849. The highest BCUT2D eigenvalue weighted by atomic mass is 16.6. The number of carbonyl (C=O) groups is 3. The second-order valence-electron chi connectivity index (χ2n) is 18.9. The summed E-state index contributed by atoms with van der Waals surface area (Å²) in [6.45, 7) is 6.67. The third-order valence-electron chi connectivity index (χ3n) is 12.5. The van der Waals surface area contributed by atoms with Crippen LogP contribution < -0.4 is 0 Å². The summed E-state index contributed by atoms with van der Waals surface area (Å²) >= 11 is 0. The fourth-order valence-corrected chi connectivity index (χ4v) is 8.32. The molecule has 0 fully saturated rings. The van der Waals surface area contributed by atoms with Crippen LogP contribution in [0.3, 0.4) is 0 Å². The van der Waals surface area contributed by atoms with Crippen LogP contribution in [-0.4, -0.2) is 37.2 Å². The van der Waals surface area contributed by atoms with Gasteiger partial charge in [0.05, 0.1) is 0 Å². The van der Waals surface area contributed by atoms with E-state index in [2.05, 4.69) is 32.9 Å². The van der Waals surface area contributed by atoms with Gasteiger partial charge in [0.2, 0.25) is 0 Å². The number of unbranched alkanes of at least 4 members (excludes halogenated alkanes) is 38. The van der Waals surface area contributed by atoms with Gasteiger partial charge in [-0.25, -0.2) is 0 Å². The molecule has 0 N–H and O–H groups in total. The third kappa shape index (κ3) is 49.2. The number of esters is 3. The summed E-state index contributed by atoms with van der Waals surface area (Å²) in [7, 11) is 0. The summed E-state index contributed by atoms with van der Waals surface area (Å²) < 4.78 is 16.8. The van der Waals surface area contributed by atoms with Gasteiger partial charge in [-0.2, -0.15) is 0 Å². The van der Waals surface area contributed by atoms with E-state index < -0.39 is 6.10 Å². The number of carbonyl (C=O) groups excluding carboxylic acids is 3. The summed E-state index contributed by atoms with van der Waals surface area (Å²) in [4.78, 5) is 38.0. The molecule has 62 heavy (non-hydrogen) atoms. The average Bonchev–Trinajstić information content (AvgIpc) is 3.27. The van der Waals surface area contributed by atoms with Crippen LogP contribution in [0.2, 0.25) is 0 Å². The number of ether oxygens (including phenoxy) is 3.